The summed E-state index contributed by atoms with van der Waals surface area (Å²) < 4.78 is 68.4. The Labute approximate surface area is 588 Å². The minimum Gasteiger partial charge on any atom is -0.462 e. The minimum absolute atomic E-state index is 0.106. The van der Waals surface area contributed by atoms with E-state index in [1.165, 1.54) is 212 Å². The summed E-state index contributed by atoms with van der Waals surface area (Å²) >= 11 is 0. The van der Waals surface area contributed by atoms with Crippen LogP contribution in [0, 0.1) is 11.8 Å². The third-order valence-electron chi connectivity index (χ3n) is 18.0. The van der Waals surface area contributed by atoms with Crippen molar-refractivity contribution in [2.24, 2.45) is 11.8 Å². The number of carbonyl (C=O) groups is 4. The molecule has 0 radical (unpaired) electrons. The molecular formula is C77H150O17P2. The lowest BCUT2D eigenvalue weighted by atomic mass is 10.0. The molecule has 17 nitrogen and oxygen atoms in total. The van der Waals surface area contributed by atoms with Crippen LogP contribution in [-0.2, 0) is 65.4 Å². The van der Waals surface area contributed by atoms with Crippen LogP contribution in [0.3, 0.4) is 0 Å². The largest absolute Gasteiger partial charge is 0.472 e. The maximum absolute atomic E-state index is 13.1. The van der Waals surface area contributed by atoms with Gasteiger partial charge in [0, 0.05) is 25.7 Å². The highest BCUT2D eigenvalue weighted by atomic mass is 31.2. The van der Waals surface area contributed by atoms with Crippen molar-refractivity contribution >= 4 is 39.5 Å². The lowest BCUT2D eigenvalue weighted by Crippen LogP contribution is -2.30. The van der Waals surface area contributed by atoms with E-state index in [0.29, 0.717) is 25.7 Å². The van der Waals surface area contributed by atoms with E-state index in [1.807, 2.05) is 0 Å². The Morgan fingerprint density at radius 2 is 0.479 bits per heavy atom. The molecule has 0 saturated heterocycles. The molecule has 0 aromatic heterocycles. The normalized spacial score (nSPS) is 14.0. The Morgan fingerprint density at radius 3 is 0.708 bits per heavy atom. The van der Waals surface area contributed by atoms with Gasteiger partial charge in [0.1, 0.15) is 19.3 Å². The number of esters is 4. The van der Waals surface area contributed by atoms with Gasteiger partial charge in [0.15, 0.2) is 12.2 Å². The van der Waals surface area contributed by atoms with Crippen LogP contribution in [0.25, 0.3) is 0 Å². The van der Waals surface area contributed by atoms with E-state index in [0.717, 1.165) is 108 Å². The number of phosphoric acid groups is 2. The monoisotopic (exact) mass is 1410 g/mol. The molecule has 96 heavy (non-hydrogen) atoms. The molecule has 0 aliphatic rings. The first-order valence-corrected chi connectivity index (χ1v) is 43.0. The van der Waals surface area contributed by atoms with Crippen LogP contribution < -0.4 is 0 Å². The smallest absolute Gasteiger partial charge is 0.462 e. The summed E-state index contributed by atoms with van der Waals surface area (Å²) in [7, 11) is -9.90. The molecule has 0 spiro atoms. The van der Waals surface area contributed by atoms with Gasteiger partial charge in [-0.15, -0.1) is 0 Å². The standard InChI is InChI=1S/C77H150O17P2/c1-7-9-11-13-14-15-16-17-18-19-20-21-22-27-33-38-43-49-55-62-77(82)94-73(66-88-75(80)60-54-48-42-37-32-26-24-23-25-30-35-40-46-51-57-69(3)4)68-92-96(85,86)90-64-71(78)63-89-95(83,84)91-67-72(65-87-74(79)59-53-45-12-10-8-2)93-76(81)61-56-50-44-39-34-29-28-31-36-41-47-52-58-70(5)6/h69-73,78H,7-68H2,1-6H3,(H,83,84)(H,85,86)/t71-,72+,73+/m0/s1. The molecule has 19 heteroatoms. The summed E-state index contributed by atoms with van der Waals surface area (Å²) in [5.41, 5.74) is 0. The van der Waals surface area contributed by atoms with Crippen LogP contribution in [0.4, 0.5) is 0 Å². The Hall–Kier alpha value is -1.94. The lowest BCUT2D eigenvalue weighted by Gasteiger charge is -2.21. The Kier molecular flexibility index (Phi) is 67.4. The summed E-state index contributed by atoms with van der Waals surface area (Å²) in [5.74, 6) is -0.549. The number of hydrogen-bond acceptors (Lipinski definition) is 15. The number of carbonyl (C=O) groups excluding carboxylic acids is 4. The number of ether oxygens (including phenoxy) is 4. The molecule has 0 aliphatic heterocycles. The fourth-order valence-corrected chi connectivity index (χ4v) is 13.4. The number of unbranched alkanes of at least 4 members (excludes halogenated alkanes) is 46. The van der Waals surface area contributed by atoms with E-state index in [2.05, 4.69) is 41.5 Å². The third kappa shape index (κ3) is 70.5. The SMILES string of the molecule is CCCCCCCCCCCCCCCCCCCCCC(=O)O[C@H](COC(=O)CCCCCCCCCCCCCCCCC(C)C)COP(=O)(O)OC[C@@H](O)COP(=O)(O)OC[C@@H](COC(=O)CCCCCCC)OC(=O)CCCCCCCCCCCCCCC(C)C. The van der Waals surface area contributed by atoms with Crippen molar-refractivity contribution in [1.82, 2.24) is 0 Å². The Morgan fingerprint density at radius 1 is 0.281 bits per heavy atom. The highest BCUT2D eigenvalue weighted by molar-refractivity contribution is 7.47. The van der Waals surface area contributed by atoms with Crippen LogP contribution >= 0.6 is 15.6 Å². The van der Waals surface area contributed by atoms with Crippen LogP contribution in [0.5, 0.6) is 0 Å². The molecular weight excluding hydrogens is 1260 g/mol. The van der Waals surface area contributed by atoms with Gasteiger partial charge in [0.05, 0.1) is 26.4 Å². The molecule has 0 saturated carbocycles. The summed E-state index contributed by atoms with van der Waals surface area (Å²) in [6.07, 6.45) is 57.3. The summed E-state index contributed by atoms with van der Waals surface area (Å²) in [4.78, 5) is 72.6. The van der Waals surface area contributed by atoms with E-state index >= 15 is 0 Å². The van der Waals surface area contributed by atoms with Gasteiger partial charge in [-0.05, 0) is 37.5 Å². The molecule has 570 valence electrons. The number of aliphatic hydroxyl groups excluding tert-OH is 1. The highest BCUT2D eigenvalue weighted by Crippen LogP contribution is 2.45. The quantitative estimate of drug-likeness (QED) is 0.0222. The van der Waals surface area contributed by atoms with Gasteiger partial charge in [0.2, 0.25) is 0 Å². The van der Waals surface area contributed by atoms with E-state index in [9.17, 15) is 43.2 Å². The average molecular weight is 1410 g/mol. The molecule has 5 atom stereocenters. The van der Waals surface area contributed by atoms with Crippen molar-refractivity contribution in [3.63, 3.8) is 0 Å². The van der Waals surface area contributed by atoms with Crippen molar-refractivity contribution in [1.29, 1.82) is 0 Å². The van der Waals surface area contributed by atoms with E-state index in [4.69, 9.17) is 37.0 Å². The molecule has 0 aromatic rings. The molecule has 0 bridgehead atoms. The topological polar surface area (TPSA) is 237 Å². The van der Waals surface area contributed by atoms with Crippen molar-refractivity contribution < 1.29 is 80.2 Å². The molecule has 0 aromatic carbocycles. The molecule has 0 aliphatic carbocycles. The van der Waals surface area contributed by atoms with Gasteiger partial charge in [-0.3, -0.25) is 37.3 Å². The van der Waals surface area contributed by atoms with E-state index in [-0.39, 0.29) is 25.7 Å². The number of aliphatic hydroxyl groups is 1. The molecule has 3 N–H and O–H groups in total. The zero-order chi connectivity index (χ0) is 70.7. The molecule has 0 amide bonds. The highest BCUT2D eigenvalue weighted by Gasteiger charge is 2.30. The first kappa shape index (κ1) is 94.1. The first-order valence-electron chi connectivity index (χ1n) is 40.0. The maximum Gasteiger partial charge on any atom is 0.472 e. The molecule has 0 heterocycles. The van der Waals surface area contributed by atoms with Crippen molar-refractivity contribution in [3.05, 3.63) is 0 Å². The maximum atomic E-state index is 13.1. The van der Waals surface area contributed by atoms with Gasteiger partial charge in [0.25, 0.3) is 0 Å². The van der Waals surface area contributed by atoms with Gasteiger partial charge < -0.3 is 33.8 Å². The van der Waals surface area contributed by atoms with Gasteiger partial charge in [-0.25, -0.2) is 9.13 Å². The number of phosphoric ester groups is 2. The van der Waals surface area contributed by atoms with Gasteiger partial charge in [-0.2, -0.15) is 0 Å². The van der Waals surface area contributed by atoms with Crippen molar-refractivity contribution in [2.75, 3.05) is 39.6 Å². The zero-order valence-corrected chi connectivity index (χ0v) is 64.5. The zero-order valence-electron chi connectivity index (χ0n) is 62.7. The van der Waals surface area contributed by atoms with Gasteiger partial charge >= 0.3 is 39.5 Å². The van der Waals surface area contributed by atoms with Crippen LogP contribution in [-0.4, -0.2) is 96.7 Å². The summed E-state index contributed by atoms with van der Waals surface area (Å²) in [5, 5.41) is 10.6. The second-order valence-electron chi connectivity index (χ2n) is 28.7. The second kappa shape index (κ2) is 68.8. The second-order valence-corrected chi connectivity index (χ2v) is 31.6. The fraction of sp³-hybridized carbons (Fsp3) is 0.948. The predicted molar refractivity (Wildman–Crippen MR) is 391 cm³/mol. The van der Waals surface area contributed by atoms with Crippen LogP contribution in [0.15, 0.2) is 0 Å². The van der Waals surface area contributed by atoms with Gasteiger partial charge in [-0.1, -0.05) is 350 Å². The fourth-order valence-electron chi connectivity index (χ4n) is 11.8. The summed E-state index contributed by atoms with van der Waals surface area (Å²) in [6, 6.07) is 0. The van der Waals surface area contributed by atoms with Crippen LogP contribution in [0.2, 0.25) is 0 Å². The van der Waals surface area contributed by atoms with E-state index in [1.54, 1.807) is 0 Å². The average Bonchev–Trinajstić information content (AvgIpc) is 1.45. The minimum atomic E-state index is -4.96. The molecule has 2 unspecified atom stereocenters. The van der Waals surface area contributed by atoms with Crippen LogP contribution in [0.1, 0.15) is 401 Å². The molecule has 0 rings (SSSR count). The van der Waals surface area contributed by atoms with Crippen molar-refractivity contribution in [2.45, 2.75) is 419 Å². The van der Waals surface area contributed by atoms with Crippen molar-refractivity contribution in [3.8, 4) is 0 Å². The van der Waals surface area contributed by atoms with E-state index < -0.39 is 97.5 Å². The number of rotatable bonds is 76. The lowest BCUT2D eigenvalue weighted by molar-refractivity contribution is -0.161. The summed E-state index contributed by atoms with van der Waals surface area (Å²) in [6.45, 7) is 9.55. The third-order valence-corrected chi connectivity index (χ3v) is 19.9. The predicted octanol–water partition coefficient (Wildman–Crippen LogP) is 22.7. The number of hydrogen-bond donors (Lipinski definition) is 3. The molecule has 0 fully saturated rings. The Bertz CT molecular complexity index is 1860. The first-order chi connectivity index (χ1) is 46.4. The Balaban J connectivity index is 5.14.